The van der Waals surface area contributed by atoms with Crippen molar-refractivity contribution in [1.29, 1.82) is 0 Å². The molecule has 0 radical (unpaired) electrons. The molecule has 0 bridgehead atoms. The molecule has 1 saturated heterocycles. The number of nitrogens with one attached hydrogen (secondary N) is 1. The average molecular weight is 262 g/mol. The Hall–Kier alpha value is -1.06. The van der Waals surface area contributed by atoms with Gasteiger partial charge in [-0.2, -0.15) is 0 Å². The van der Waals surface area contributed by atoms with Crippen molar-refractivity contribution in [3.05, 3.63) is 29.8 Å². The Bertz CT molecular complexity index is 390. The monoisotopic (exact) mass is 262 g/mol. The van der Waals surface area contributed by atoms with Crippen LogP contribution >= 0.6 is 0 Å². The number of hydrogen-bond acceptors (Lipinski definition) is 3. The van der Waals surface area contributed by atoms with E-state index in [0.29, 0.717) is 5.54 Å². The molecule has 106 valence electrons. The highest BCUT2D eigenvalue weighted by molar-refractivity contribution is 5.27. The third kappa shape index (κ3) is 3.48. The maximum Gasteiger partial charge on any atom is 0.118 e. The molecular weight excluding hydrogens is 236 g/mol. The first-order chi connectivity index (χ1) is 9.18. The summed E-state index contributed by atoms with van der Waals surface area (Å²) in [5.41, 5.74) is 1.70. The van der Waals surface area contributed by atoms with Gasteiger partial charge in [-0.15, -0.1) is 0 Å². The fourth-order valence-corrected chi connectivity index (χ4v) is 2.74. The Kier molecular flexibility index (Phi) is 4.83. The lowest BCUT2D eigenvalue weighted by molar-refractivity contribution is 0.0727. The molecular formula is C16H26N2O. The molecule has 3 heteroatoms. The zero-order chi connectivity index (χ0) is 13.7. The summed E-state index contributed by atoms with van der Waals surface area (Å²) in [7, 11) is 1.71. The molecule has 1 N–H and O–H groups in total. The molecule has 1 fully saturated rings. The summed E-state index contributed by atoms with van der Waals surface area (Å²) in [4.78, 5) is 2.63. The van der Waals surface area contributed by atoms with E-state index in [2.05, 4.69) is 36.2 Å². The normalized spacial score (nSPS) is 24.4. The summed E-state index contributed by atoms with van der Waals surface area (Å²) in [5.74, 6) is 0.935. The molecule has 1 heterocycles. The third-order valence-electron chi connectivity index (χ3n) is 4.42. The van der Waals surface area contributed by atoms with Crippen molar-refractivity contribution < 1.29 is 4.74 Å². The van der Waals surface area contributed by atoms with Gasteiger partial charge in [-0.1, -0.05) is 19.1 Å². The van der Waals surface area contributed by atoms with Gasteiger partial charge in [-0.05, 0) is 37.5 Å². The molecule has 19 heavy (non-hydrogen) atoms. The Morgan fingerprint density at radius 3 is 2.68 bits per heavy atom. The maximum absolute atomic E-state index is 5.20. The average Bonchev–Trinajstić information content (AvgIpc) is 2.47. The second-order valence-electron chi connectivity index (χ2n) is 5.61. The molecule has 0 amide bonds. The van der Waals surface area contributed by atoms with Crippen LogP contribution in [-0.4, -0.2) is 43.7 Å². The Labute approximate surface area is 116 Å². The standard InChI is InChI=1S/C16H26N2O/c1-4-16(2)13-17-10-12-18(16)11-9-14-5-7-15(19-3)8-6-14/h5-8,17H,4,9-13H2,1-3H3. The van der Waals surface area contributed by atoms with Gasteiger partial charge in [0, 0.05) is 31.7 Å². The first-order valence-corrected chi connectivity index (χ1v) is 7.26. The van der Waals surface area contributed by atoms with E-state index in [-0.39, 0.29) is 0 Å². The SMILES string of the molecule is CCC1(C)CNCCN1CCc1ccc(OC)cc1. The number of ether oxygens (including phenoxy) is 1. The Morgan fingerprint density at radius 2 is 2.05 bits per heavy atom. The van der Waals surface area contributed by atoms with Crippen LogP contribution in [0.25, 0.3) is 0 Å². The molecule has 1 aliphatic heterocycles. The van der Waals surface area contributed by atoms with Gasteiger partial charge in [0.05, 0.1) is 7.11 Å². The summed E-state index contributed by atoms with van der Waals surface area (Å²) < 4.78 is 5.20. The van der Waals surface area contributed by atoms with Crippen LogP contribution < -0.4 is 10.1 Å². The summed E-state index contributed by atoms with van der Waals surface area (Å²) in [6.45, 7) is 9.16. The molecule has 0 spiro atoms. The van der Waals surface area contributed by atoms with E-state index >= 15 is 0 Å². The van der Waals surface area contributed by atoms with E-state index in [1.54, 1.807) is 7.11 Å². The summed E-state index contributed by atoms with van der Waals surface area (Å²) in [6, 6.07) is 8.44. The molecule has 0 saturated carbocycles. The van der Waals surface area contributed by atoms with Crippen LogP contribution in [0.15, 0.2) is 24.3 Å². The Morgan fingerprint density at radius 1 is 1.32 bits per heavy atom. The number of piperazine rings is 1. The van der Waals surface area contributed by atoms with Crippen molar-refractivity contribution in [3.63, 3.8) is 0 Å². The van der Waals surface area contributed by atoms with Crippen LogP contribution in [0.4, 0.5) is 0 Å². The van der Waals surface area contributed by atoms with Crippen LogP contribution in [0, 0.1) is 0 Å². The predicted molar refractivity (Wildman–Crippen MR) is 79.8 cm³/mol. The third-order valence-corrected chi connectivity index (χ3v) is 4.42. The number of benzene rings is 1. The van der Waals surface area contributed by atoms with Crippen molar-refractivity contribution in [2.75, 3.05) is 33.3 Å². The summed E-state index contributed by atoms with van der Waals surface area (Å²) in [5, 5.41) is 3.51. The van der Waals surface area contributed by atoms with Crippen molar-refractivity contribution >= 4 is 0 Å². The highest BCUT2D eigenvalue weighted by Gasteiger charge is 2.31. The van der Waals surface area contributed by atoms with E-state index in [1.807, 2.05) is 12.1 Å². The first kappa shape index (κ1) is 14.4. The van der Waals surface area contributed by atoms with Gasteiger partial charge in [-0.25, -0.2) is 0 Å². The van der Waals surface area contributed by atoms with E-state index in [0.717, 1.165) is 38.3 Å². The van der Waals surface area contributed by atoms with Gasteiger partial charge >= 0.3 is 0 Å². The van der Waals surface area contributed by atoms with Crippen LogP contribution in [0.1, 0.15) is 25.8 Å². The molecule has 0 aliphatic carbocycles. The van der Waals surface area contributed by atoms with Crippen molar-refractivity contribution in [2.45, 2.75) is 32.2 Å². The Balaban J connectivity index is 1.92. The van der Waals surface area contributed by atoms with Crippen molar-refractivity contribution in [1.82, 2.24) is 10.2 Å². The highest BCUT2D eigenvalue weighted by atomic mass is 16.5. The van der Waals surface area contributed by atoms with E-state index in [1.165, 1.54) is 12.0 Å². The van der Waals surface area contributed by atoms with Crippen LogP contribution in [-0.2, 0) is 6.42 Å². The molecule has 1 aromatic rings. The summed E-state index contributed by atoms with van der Waals surface area (Å²) in [6.07, 6.45) is 2.31. The molecule has 1 atom stereocenters. The fourth-order valence-electron chi connectivity index (χ4n) is 2.74. The minimum Gasteiger partial charge on any atom is -0.497 e. The second-order valence-corrected chi connectivity index (χ2v) is 5.61. The van der Waals surface area contributed by atoms with Gasteiger partial charge in [0.1, 0.15) is 5.75 Å². The van der Waals surface area contributed by atoms with Crippen molar-refractivity contribution in [3.8, 4) is 5.75 Å². The fraction of sp³-hybridized carbons (Fsp3) is 0.625. The van der Waals surface area contributed by atoms with Gasteiger partial charge in [-0.3, -0.25) is 4.90 Å². The predicted octanol–water partition coefficient (Wildman–Crippen LogP) is 2.31. The molecule has 3 nitrogen and oxygen atoms in total. The van der Waals surface area contributed by atoms with Gasteiger partial charge in [0.25, 0.3) is 0 Å². The quantitative estimate of drug-likeness (QED) is 0.881. The lowest BCUT2D eigenvalue weighted by atomic mass is 9.93. The maximum atomic E-state index is 5.20. The number of nitrogens with zero attached hydrogens (tertiary/aromatic N) is 1. The zero-order valence-corrected chi connectivity index (χ0v) is 12.4. The molecule has 2 rings (SSSR count). The highest BCUT2D eigenvalue weighted by Crippen LogP contribution is 2.21. The number of rotatable bonds is 5. The smallest absolute Gasteiger partial charge is 0.118 e. The lowest BCUT2D eigenvalue weighted by Gasteiger charge is -2.45. The topological polar surface area (TPSA) is 24.5 Å². The van der Waals surface area contributed by atoms with E-state index < -0.39 is 0 Å². The largest absolute Gasteiger partial charge is 0.497 e. The van der Waals surface area contributed by atoms with Gasteiger partial charge < -0.3 is 10.1 Å². The number of hydrogen-bond donors (Lipinski definition) is 1. The van der Waals surface area contributed by atoms with E-state index in [9.17, 15) is 0 Å². The first-order valence-electron chi connectivity index (χ1n) is 7.26. The molecule has 1 unspecified atom stereocenters. The van der Waals surface area contributed by atoms with Crippen molar-refractivity contribution in [2.24, 2.45) is 0 Å². The lowest BCUT2D eigenvalue weighted by Crippen LogP contribution is -2.59. The van der Waals surface area contributed by atoms with Crippen LogP contribution in [0.5, 0.6) is 5.75 Å². The number of methoxy groups -OCH3 is 1. The molecule has 0 aromatic heterocycles. The molecule has 1 aromatic carbocycles. The van der Waals surface area contributed by atoms with E-state index in [4.69, 9.17) is 4.74 Å². The second kappa shape index (κ2) is 6.40. The minimum absolute atomic E-state index is 0.310. The molecule has 1 aliphatic rings. The van der Waals surface area contributed by atoms with Crippen LogP contribution in [0.3, 0.4) is 0 Å². The van der Waals surface area contributed by atoms with Crippen LogP contribution in [0.2, 0.25) is 0 Å². The minimum atomic E-state index is 0.310. The summed E-state index contributed by atoms with van der Waals surface area (Å²) >= 11 is 0. The zero-order valence-electron chi connectivity index (χ0n) is 12.4. The van der Waals surface area contributed by atoms with Gasteiger partial charge in [0.15, 0.2) is 0 Å². The van der Waals surface area contributed by atoms with Gasteiger partial charge in [0.2, 0.25) is 0 Å².